The van der Waals surface area contributed by atoms with Crippen molar-refractivity contribution in [1.29, 1.82) is 0 Å². The van der Waals surface area contributed by atoms with E-state index in [9.17, 15) is 18.0 Å². The minimum Gasteiger partial charge on any atom is -0.428 e. The predicted molar refractivity (Wildman–Crippen MR) is 65.6 cm³/mol. The van der Waals surface area contributed by atoms with E-state index in [0.717, 1.165) is 6.07 Å². The Bertz CT molecular complexity index is 535. The molecule has 0 saturated carbocycles. The molecule has 1 aliphatic heterocycles. The molecule has 20 heavy (non-hydrogen) atoms. The molecule has 0 fully saturated rings. The number of benzene rings is 1. The van der Waals surface area contributed by atoms with Gasteiger partial charge in [-0.25, -0.2) is 4.79 Å². The lowest BCUT2D eigenvalue weighted by molar-refractivity contribution is -0.268. The van der Waals surface area contributed by atoms with E-state index in [-0.39, 0.29) is 22.7 Å². The molecule has 1 unspecified atom stereocenters. The zero-order valence-corrected chi connectivity index (χ0v) is 10.9. The first-order valence-corrected chi connectivity index (χ1v) is 6.15. The quantitative estimate of drug-likeness (QED) is 0.899. The summed E-state index contributed by atoms with van der Waals surface area (Å²) in [7, 11) is 0. The summed E-state index contributed by atoms with van der Waals surface area (Å²) in [5, 5.41) is 11.1. The van der Waals surface area contributed by atoms with Gasteiger partial charge in [0.15, 0.2) is 0 Å². The van der Waals surface area contributed by atoms with Crippen LogP contribution in [0.5, 0.6) is 0 Å². The van der Waals surface area contributed by atoms with Gasteiger partial charge in [0.05, 0.1) is 5.69 Å². The zero-order valence-electron chi connectivity index (χ0n) is 10.1. The molecule has 0 spiro atoms. The average Bonchev–Trinajstić information content (AvgIpc) is 2.35. The van der Waals surface area contributed by atoms with E-state index in [2.05, 4.69) is 10.1 Å². The smallest absolute Gasteiger partial charge is 0.428 e. The number of hydrogen-bond acceptors (Lipinski definition) is 3. The number of alkyl halides is 3. The molecule has 0 bridgehead atoms. The van der Waals surface area contributed by atoms with Gasteiger partial charge in [0.2, 0.25) is 5.60 Å². The van der Waals surface area contributed by atoms with Gasteiger partial charge in [-0.05, 0) is 24.6 Å². The second-order valence-corrected chi connectivity index (χ2v) is 4.79. The average molecular weight is 310 g/mol. The minimum atomic E-state index is -4.82. The van der Waals surface area contributed by atoms with Crippen LogP contribution in [0.15, 0.2) is 18.2 Å². The Morgan fingerprint density at radius 3 is 2.70 bits per heavy atom. The molecular formula is C12H11ClF3NO3. The van der Waals surface area contributed by atoms with Crippen molar-refractivity contribution < 1.29 is 27.8 Å². The second kappa shape index (κ2) is 5.14. The van der Waals surface area contributed by atoms with Gasteiger partial charge in [0, 0.05) is 23.6 Å². The van der Waals surface area contributed by atoms with Gasteiger partial charge in [-0.15, -0.1) is 0 Å². The van der Waals surface area contributed by atoms with E-state index < -0.39 is 30.9 Å². The Labute approximate surface area is 117 Å². The van der Waals surface area contributed by atoms with Crippen molar-refractivity contribution in [1.82, 2.24) is 0 Å². The van der Waals surface area contributed by atoms with Gasteiger partial charge in [-0.1, -0.05) is 11.6 Å². The molecule has 0 aromatic heterocycles. The van der Waals surface area contributed by atoms with Crippen molar-refractivity contribution >= 4 is 23.4 Å². The summed E-state index contributed by atoms with van der Waals surface area (Å²) in [6.45, 7) is -0.446. The van der Waals surface area contributed by atoms with Crippen molar-refractivity contribution in [2.45, 2.75) is 24.6 Å². The fourth-order valence-electron chi connectivity index (χ4n) is 2.17. The number of fused-ring (bicyclic) bond motifs is 1. The number of ether oxygens (including phenoxy) is 1. The lowest BCUT2D eigenvalue weighted by atomic mass is 9.86. The van der Waals surface area contributed by atoms with Gasteiger partial charge in [-0.2, -0.15) is 13.2 Å². The van der Waals surface area contributed by atoms with Crippen molar-refractivity contribution in [2.24, 2.45) is 0 Å². The van der Waals surface area contributed by atoms with Crippen LogP contribution in [0.2, 0.25) is 5.02 Å². The number of nitrogens with one attached hydrogen (secondary N) is 1. The van der Waals surface area contributed by atoms with Gasteiger partial charge >= 0.3 is 12.3 Å². The Morgan fingerprint density at radius 2 is 2.10 bits per heavy atom. The Kier molecular flexibility index (Phi) is 3.84. The maximum atomic E-state index is 13.5. The molecule has 1 aliphatic rings. The van der Waals surface area contributed by atoms with Crippen LogP contribution in [0, 0.1) is 0 Å². The molecule has 8 heteroatoms. The normalized spacial score (nSPS) is 21.9. The monoisotopic (exact) mass is 309 g/mol. The SMILES string of the molecule is O=C1Nc2ccc(Cl)cc2C(CCCO)(C(F)(F)F)O1. The molecule has 1 aromatic rings. The molecule has 1 aromatic carbocycles. The standard InChI is InChI=1S/C12H11ClF3NO3/c13-7-2-3-9-8(6-7)11(4-1-5-18,12(14,15)16)20-10(19)17-9/h2-3,6,18H,1,4-5H2,(H,17,19). The highest BCUT2D eigenvalue weighted by Crippen LogP contribution is 2.50. The highest BCUT2D eigenvalue weighted by molar-refractivity contribution is 6.30. The third-order valence-corrected chi connectivity index (χ3v) is 3.30. The predicted octanol–water partition coefficient (Wildman–Crippen LogP) is 3.43. The molecule has 110 valence electrons. The first-order chi connectivity index (χ1) is 9.30. The van der Waals surface area contributed by atoms with Crippen molar-refractivity contribution in [3.05, 3.63) is 28.8 Å². The highest BCUT2D eigenvalue weighted by Gasteiger charge is 2.61. The van der Waals surface area contributed by atoms with Gasteiger partial charge in [0.25, 0.3) is 0 Å². The fraction of sp³-hybridized carbons (Fsp3) is 0.417. The largest absolute Gasteiger partial charge is 0.432 e. The number of aliphatic hydroxyl groups is 1. The summed E-state index contributed by atoms with van der Waals surface area (Å²) in [4.78, 5) is 11.4. The summed E-state index contributed by atoms with van der Waals surface area (Å²) in [6, 6.07) is 3.78. The van der Waals surface area contributed by atoms with E-state index in [1.54, 1.807) is 0 Å². The maximum Gasteiger partial charge on any atom is 0.432 e. The van der Waals surface area contributed by atoms with Crippen LogP contribution in [0.25, 0.3) is 0 Å². The van der Waals surface area contributed by atoms with E-state index in [1.807, 2.05) is 0 Å². The van der Waals surface area contributed by atoms with Crippen molar-refractivity contribution in [2.75, 3.05) is 11.9 Å². The molecule has 1 heterocycles. The molecule has 1 atom stereocenters. The summed E-state index contributed by atoms with van der Waals surface area (Å²) in [5.74, 6) is 0. The van der Waals surface area contributed by atoms with Crippen LogP contribution in [0.1, 0.15) is 18.4 Å². The number of amides is 1. The lowest BCUT2D eigenvalue weighted by Crippen LogP contribution is -2.50. The minimum absolute atomic E-state index is 0.000847. The number of hydrogen-bond donors (Lipinski definition) is 2. The fourth-order valence-corrected chi connectivity index (χ4v) is 2.35. The third-order valence-electron chi connectivity index (χ3n) is 3.07. The topological polar surface area (TPSA) is 58.6 Å². The first-order valence-electron chi connectivity index (χ1n) is 5.78. The molecule has 1 amide bonds. The number of carbonyl (C=O) groups is 1. The Hall–Kier alpha value is -1.47. The van der Waals surface area contributed by atoms with Crippen LogP contribution < -0.4 is 5.32 Å². The maximum absolute atomic E-state index is 13.5. The second-order valence-electron chi connectivity index (χ2n) is 4.36. The van der Waals surface area contributed by atoms with E-state index in [1.165, 1.54) is 12.1 Å². The van der Waals surface area contributed by atoms with Crippen molar-refractivity contribution in [3.63, 3.8) is 0 Å². The van der Waals surface area contributed by atoms with Gasteiger partial charge in [-0.3, -0.25) is 5.32 Å². The van der Waals surface area contributed by atoms with Gasteiger partial charge < -0.3 is 9.84 Å². The number of halogens is 4. The van der Waals surface area contributed by atoms with Crippen molar-refractivity contribution in [3.8, 4) is 0 Å². The molecule has 0 saturated heterocycles. The summed E-state index contributed by atoms with van der Waals surface area (Å²) < 4.78 is 45.0. The third kappa shape index (κ3) is 2.43. The molecule has 2 N–H and O–H groups in total. The van der Waals surface area contributed by atoms with E-state index in [0.29, 0.717) is 0 Å². The van der Waals surface area contributed by atoms with E-state index in [4.69, 9.17) is 16.7 Å². The molecular weight excluding hydrogens is 299 g/mol. The number of anilines is 1. The number of cyclic esters (lactones) is 1. The summed E-state index contributed by atoms with van der Waals surface area (Å²) >= 11 is 5.74. The van der Waals surface area contributed by atoms with Crippen LogP contribution >= 0.6 is 11.6 Å². The summed E-state index contributed by atoms with van der Waals surface area (Å²) in [5.41, 5.74) is -3.05. The number of carbonyl (C=O) groups excluding carboxylic acids is 1. The lowest BCUT2D eigenvalue weighted by Gasteiger charge is -2.39. The highest BCUT2D eigenvalue weighted by atomic mass is 35.5. The van der Waals surface area contributed by atoms with Crippen LogP contribution in [-0.2, 0) is 10.3 Å². The number of rotatable bonds is 3. The molecule has 0 aliphatic carbocycles. The molecule has 0 radical (unpaired) electrons. The first kappa shape index (κ1) is 14.9. The van der Waals surface area contributed by atoms with E-state index >= 15 is 0 Å². The van der Waals surface area contributed by atoms with Crippen LogP contribution in [0.3, 0.4) is 0 Å². The van der Waals surface area contributed by atoms with Crippen LogP contribution in [0.4, 0.5) is 23.7 Å². The van der Waals surface area contributed by atoms with Gasteiger partial charge in [0.1, 0.15) is 0 Å². The van der Waals surface area contributed by atoms with Crippen LogP contribution in [-0.4, -0.2) is 24.0 Å². The Morgan fingerprint density at radius 1 is 1.40 bits per heavy atom. The number of aliphatic hydroxyl groups excluding tert-OH is 1. The molecule has 2 rings (SSSR count). The zero-order chi connectivity index (χ0) is 15.0. The molecule has 4 nitrogen and oxygen atoms in total. The summed E-state index contributed by atoms with van der Waals surface area (Å²) in [6.07, 6.45) is -6.75. The Balaban J connectivity index is 2.61.